The SMILES string of the molecule is COc1cc(C)cc2c1C(C1CCNCC1)c1ncc(C)cc1CC2. The van der Waals surface area contributed by atoms with Crippen molar-refractivity contribution in [3.63, 3.8) is 0 Å². The Kier molecular flexibility index (Phi) is 4.51. The molecule has 1 fully saturated rings. The van der Waals surface area contributed by atoms with Gasteiger partial charge in [-0.3, -0.25) is 4.98 Å². The summed E-state index contributed by atoms with van der Waals surface area (Å²) in [5, 5.41) is 3.51. The molecule has 1 N–H and O–H groups in total. The molecule has 0 spiro atoms. The standard InChI is InChI=1S/C22H28N2O/c1-14-10-17-4-5-18-11-15(2)13-24-22(18)21(16-6-8-23-9-7-16)20(17)19(12-14)25-3/h10-13,16,21,23H,4-9H2,1-3H3. The maximum absolute atomic E-state index is 5.87. The Bertz CT molecular complexity index is 778. The van der Waals surface area contributed by atoms with E-state index in [1.54, 1.807) is 0 Å². The van der Waals surface area contributed by atoms with E-state index in [9.17, 15) is 0 Å². The van der Waals surface area contributed by atoms with Gasteiger partial charge in [-0.05, 0) is 86.9 Å². The summed E-state index contributed by atoms with van der Waals surface area (Å²) in [6.07, 6.45) is 6.60. The first-order valence-electron chi connectivity index (χ1n) is 9.51. The van der Waals surface area contributed by atoms with Crippen molar-refractivity contribution in [1.82, 2.24) is 10.3 Å². The van der Waals surface area contributed by atoms with Gasteiger partial charge in [-0.2, -0.15) is 0 Å². The van der Waals surface area contributed by atoms with Crippen LogP contribution in [0.3, 0.4) is 0 Å². The van der Waals surface area contributed by atoms with E-state index in [1.807, 2.05) is 13.3 Å². The molecule has 1 unspecified atom stereocenters. The zero-order chi connectivity index (χ0) is 17.4. The van der Waals surface area contributed by atoms with Gasteiger partial charge in [0, 0.05) is 17.7 Å². The normalized spacial score (nSPS) is 20.5. The number of fused-ring (bicyclic) bond motifs is 2. The molecule has 132 valence electrons. The van der Waals surface area contributed by atoms with Crippen LogP contribution in [0.25, 0.3) is 0 Å². The predicted molar refractivity (Wildman–Crippen MR) is 102 cm³/mol. The molecule has 0 radical (unpaired) electrons. The van der Waals surface area contributed by atoms with E-state index in [-0.39, 0.29) is 0 Å². The molecule has 1 saturated heterocycles. The molecule has 1 aromatic carbocycles. The first kappa shape index (κ1) is 16.6. The summed E-state index contributed by atoms with van der Waals surface area (Å²) in [5.74, 6) is 2.03. The lowest BCUT2D eigenvalue weighted by atomic mass is 9.76. The van der Waals surface area contributed by atoms with E-state index in [0.29, 0.717) is 11.8 Å². The van der Waals surface area contributed by atoms with E-state index in [4.69, 9.17) is 9.72 Å². The van der Waals surface area contributed by atoms with Crippen molar-refractivity contribution >= 4 is 0 Å². The number of nitrogens with zero attached hydrogens (tertiary/aromatic N) is 1. The third kappa shape index (κ3) is 3.06. The number of ether oxygens (including phenoxy) is 1. The summed E-state index contributed by atoms with van der Waals surface area (Å²) in [7, 11) is 1.81. The number of methoxy groups -OCH3 is 1. The smallest absolute Gasteiger partial charge is 0.123 e. The second-order valence-corrected chi connectivity index (χ2v) is 7.66. The molecule has 25 heavy (non-hydrogen) atoms. The van der Waals surface area contributed by atoms with Gasteiger partial charge >= 0.3 is 0 Å². The van der Waals surface area contributed by atoms with Crippen LogP contribution >= 0.6 is 0 Å². The highest BCUT2D eigenvalue weighted by molar-refractivity contribution is 5.52. The van der Waals surface area contributed by atoms with E-state index < -0.39 is 0 Å². The average Bonchev–Trinajstić information content (AvgIpc) is 2.78. The first-order valence-corrected chi connectivity index (χ1v) is 9.51. The molecule has 0 amide bonds. The van der Waals surface area contributed by atoms with Gasteiger partial charge in [0.1, 0.15) is 5.75 Å². The van der Waals surface area contributed by atoms with Crippen LogP contribution in [0.5, 0.6) is 5.75 Å². The maximum Gasteiger partial charge on any atom is 0.123 e. The fourth-order valence-electron chi connectivity index (χ4n) is 4.73. The zero-order valence-corrected chi connectivity index (χ0v) is 15.6. The zero-order valence-electron chi connectivity index (χ0n) is 15.6. The summed E-state index contributed by atoms with van der Waals surface area (Å²) in [6, 6.07) is 6.92. The number of benzene rings is 1. The molecule has 0 saturated carbocycles. The minimum Gasteiger partial charge on any atom is -0.496 e. The largest absolute Gasteiger partial charge is 0.496 e. The topological polar surface area (TPSA) is 34.1 Å². The molecular weight excluding hydrogens is 308 g/mol. The Labute approximate surface area is 150 Å². The average molecular weight is 336 g/mol. The third-order valence-electron chi connectivity index (χ3n) is 5.85. The highest BCUT2D eigenvalue weighted by Crippen LogP contribution is 2.45. The number of piperidine rings is 1. The minimum atomic E-state index is 0.353. The highest BCUT2D eigenvalue weighted by Gasteiger charge is 2.34. The van der Waals surface area contributed by atoms with E-state index >= 15 is 0 Å². The second-order valence-electron chi connectivity index (χ2n) is 7.66. The van der Waals surface area contributed by atoms with Crippen LogP contribution in [-0.4, -0.2) is 25.2 Å². The van der Waals surface area contributed by atoms with E-state index in [2.05, 4.69) is 37.4 Å². The van der Waals surface area contributed by atoms with Crippen LogP contribution in [0.2, 0.25) is 0 Å². The molecule has 2 heterocycles. The quantitative estimate of drug-likeness (QED) is 0.902. The lowest BCUT2D eigenvalue weighted by molar-refractivity contribution is 0.329. The van der Waals surface area contributed by atoms with Crippen molar-refractivity contribution in [1.29, 1.82) is 0 Å². The van der Waals surface area contributed by atoms with Crippen LogP contribution in [0.4, 0.5) is 0 Å². The van der Waals surface area contributed by atoms with Crippen LogP contribution in [-0.2, 0) is 12.8 Å². The number of pyridine rings is 1. The molecule has 4 rings (SSSR count). The van der Waals surface area contributed by atoms with Crippen molar-refractivity contribution < 1.29 is 4.74 Å². The summed E-state index contributed by atoms with van der Waals surface area (Å²) < 4.78 is 5.87. The predicted octanol–water partition coefficient (Wildman–Crippen LogP) is 3.94. The van der Waals surface area contributed by atoms with Crippen molar-refractivity contribution in [2.24, 2.45) is 5.92 Å². The first-order chi connectivity index (χ1) is 12.2. The van der Waals surface area contributed by atoms with Gasteiger partial charge in [0.2, 0.25) is 0 Å². The van der Waals surface area contributed by atoms with Gasteiger partial charge in [0.25, 0.3) is 0 Å². The van der Waals surface area contributed by atoms with Crippen molar-refractivity contribution in [3.8, 4) is 5.75 Å². The summed E-state index contributed by atoms with van der Waals surface area (Å²) in [5.41, 5.74) is 8.12. The van der Waals surface area contributed by atoms with Crippen LogP contribution in [0.15, 0.2) is 24.4 Å². The Morgan fingerprint density at radius 2 is 1.72 bits per heavy atom. The van der Waals surface area contributed by atoms with E-state index in [0.717, 1.165) is 31.7 Å². The van der Waals surface area contributed by atoms with Gasteiger partial charge in [-0.25, -0.2) is 0 Å². The van der Waals surface area contributed by atoms with Crippen molar-refractivity contribution in [2.75, 3.05) is 20.2 Å². The molecule has 3 nitrogen and oxygen atoms in total. The maximum atomic E-state index is 5.87. The number of aryl methyl sites for hydroxylation is 4. The summed E-state index contributed by atoms with van der Waals surface area (Å²) >= 11 is 0. The molecule has 1 aromatic heterocycles. The lowest BCUT2D eigenvalue weighted by Gasteiger charge is -2.33. The number of hydrogen-bond acceptors (Lipinski definition) is 3. The molecule has 2 aromatic rings. The molecule has 1 aliphatic heterocycles. The van der Waals surface area contributed by atoms with Gasteiger partial charge in [0.05, 0.1) is 12.8 Å². The Hall–Kier alpha value is -1.87. The molecule has 3 heteroatoms. The number of rotatable bonds is 2. The van der Waals surface area contributed by atoms with Crippen molar-refractivity contribution in [2.45, 2.75) is 45.4 Å². The van der Waals surface area contributed by atoms with Gasteiger partial charge in [-0.15, -0.1) is 0 Å². The second kappa shape index (κ2) is 6.80. The van der Waals surface area contributed by atoms with Gasteiger partial charge in [0.15, 0.2) is 0 Å². The Balaban J connectivity index is 1.92. The molecular formula is C22H28N2O. The number of aromatic nitrogens is 1. The lowest BCUT2D eigenvalue weighted by Crippen LogP contribution is -2.32. The number of hydrogen-bond donors (Lipinski definition) is 1. The van der Waals surface area contributed by atoms with E-state index in [1.165, 1.54) is 46.4 Å². The summed E-state index contributed by atoms with van der Waals surface area (Å²) in [4.78, 5) is 4.96. The monoisotopic (exact) mass is 336 g/mol. The Morgan fingerprint density at radius 3 is 2.48 bits per heavy atom. The molecule has 2 aliphatic rings. The van der Waals surface area contributed by atoms with Crippen molar-refractivity contribution in [3.05, 3.63) is 57.9 Å². The molecule has 1 aliphatic carbocycles. The third-order valence-corrected chi connectivity index (χ3v) is 5.85. The fraction of sp³-hybridized carbons (Fsp3) is 0.500. The minimum absolute atomic E-state index is 0.353. The van der Waals surface area contributed by atoms with Gasteiger partial charge in [-0.1, -0.05) is 12.1 Å². The fourth-order valence-corrected chi connectivity index (χ4v) is 4.73. The Morgan fingerprint density at radius 1 is 1.00 bits per heavy atom. The van der Waals surface area contributed by atoms with Crippen LogP contribution in [0, 0.1) is 19.8 Å². The van der Waals surface area contributed by atoms with Crippen LogP contribution in [0.1, 0.15) is 52.3 Å². The molecule has 1 atom stereocenters. The molecule has 0 bridgehead atoms. The number of nitrogens with one attached hydrogen (secondary N) is 1. The van der Waals surface area contributed by atoms with Crippen LogP contribution < -0.4 is 10.1 Å². The van der Waals surface area contributed by atoms with Gasteiger partial charge < -0.3 is 10.1 Å². The highest BCUT2D eigenvalue weighted by atomic mass is 16.5. The summed E-state index contributed by atoms with van der Waals surface area (Å²) in [6.45, 7) is 6.52.